The van der Waals surface area contributed by atoms with E-state index in [1.807, 2.05) is 36.1 Å². The molecule has 4 aliphatic rings. The third kappa shape index (κ3) is 3.10. The summed E-state index contributed by atoms with van der Waals surface area (Å²) in [6.07, 6.45) is 12.4. The molecule has 3 saturated carbocycles. The summed E-state index contributed by atoms with van der Waals surface area (Å²) < 4.78 is 5.42. The third-order valence-electron chi connectivity index (χ3n) is 10.2. The molecule has 5 rings (SSSR count). The van der Waals surface area contributed by atoms with E-state index in [9.17, 15) is 9.59 Å². The zero-order chi connectivity index (χ0) is 23.6. The number of hydrogen-bond donors (Lipinski definition) is 1. The predicted octanol–water partition coefficient (Wildman–Crippen LogP) is 4.80. The molecular formula is C28H38N2O3. The van der Waals surface area contributed by atoms with Crippen molar-refractivity contribution in [3.8, 4) is 5.75 Å². The monoisotopic (exact) mass is 450 g/mol. The lowest BCUT2D eigenvalue weighted by atomic mass is 9.48. The minimum atomic E-state index is -1.24. The van der Waals surface area contributed by atoms with Crippen molar-refractivity contribution in [3.63, 3.8) is 0 Å². The quantitative estimate of drug-likeness (QED) is 0.716. The molecule has 2 N–H and O–H groups in total. The maximum Gasteiger partial charge on any atom is 0.247 e. The Morgan fingerprint density at radius 3 is 2.67 bits per heavy atom. The van der Waals surface area contributed by atoms with Crippen LogP contribution in [0.4, 0.5) is 0 Å². The van der Waals surface area contributed by atoms with Gasteiger partial charge in [0.25, 0.3) is 0 Å². The number of rotatable bonds is 4. The van der Waals surface area contributed by atoms with Crippen molar-refractivity contribution in [1.29, 1.82) is 0 Å². The van der Waals surface area contributed by atoms with Gasteiger partial charge in [0, 0.05) is 11.5 Å². The summed E-state index contributed by atoms with van der Waals surface area (Å²) in [5, 5.41) is 0. The van der Waals surface area contributed by atoms with Gasteiger partial charge in [-0.2, -0.15) is 0 Å². The first-order chi connectivity index (χ1) is 15.6. The van der Waals surface area contributed by atoms with E-state index >= 15 is 0 Å². The Hall–Kier alpha value is -2.30. The van der Waals surface area contributed by atoms with Crippen LogP contribution in [0.25, 0.3) is 0 Å². The average molecular weight is 451 g/mol. The minimum Gasteiger partial charge on any atom is -0.497 e. The van der Waals surface area contributed by atoms with Gasteiger partial charge in [0.15, 0.2) is 0 Å². The first-order valence-corrected chi connectivity index (χ1v) is 12.6. The van der Waals surface area contributed by atoms with Crippen LogP contribution in [0.2, 0.25) is 0 Å². The fraction of sp³-hybridized carbons (Fsp3) is 0.643. The molecule has 0 aromatic heterocycles. The van der Waals surface area contributed by atoms with Crippen LogP contribution < -0.4 is 10.5 Å². The molecule has 33 heavy (non-hydrogen) atoms. The van der Waals surface area contributed by atoms with Crippen molar-refractivity contribution in [2.45, 2.75) is 77.3 Å². The van der Waals surface area contributed by atoms with Crippen molar-refractivity contribution in [2.24, 2.45) is 34.3 Å². The SMILES string of the molecule is COc1cccc(C(C)(C(N)=O)N2C(=O)C=C[C@@]3(C)C2CC[C@@H]2[C@H]3CC[C@]3(C)CCC[C@@H]23)c1. The summed E-state index contributed by atoms with van der Waals surface area (Å²) >= 11 is 0. The lowest BCUT2D eigenvalue weighted by Gasteiger charge is -2.62. The summed E-state index contributed by atoms with van der Waals surface area (Å²) in [5.41, 5.74) is 5.86. The Labute approximate surface area is 197 Å². The van der Waals surface area contributed by atoms with Gasteiger partial charge in [-0.15, -0.1) is 0 Å². The van der Waals surface area contributed by atoms with Crippen LogP contribution in [0.1, 0.15) is 71.3 Å². The highest BCUT2D eigenvalue weighted by Gasteiger charge is 2.61. The van der Waals surface area contributed by atoms with Crippen LogP contribution in [-0.2, 0) is 15.1 Å². The van der Waals surface area contributed by atoms with Crippen molar-refractivity contribution in [2.75, 3.05) is 7.11 Å². The second-order valence-electron chi connectivity index (χ2n) is 11.6. The number of carbonyl (C=O) groups is 2. The average Bonchev–Trinajstić information content (AvgIpc) is 3.20. The Kier molecular flexibility index (Phi) is 5.19. The minimum absolute atomic E-state index is 0.0503. The van der Waals surface area contributed by atoms with E-state index in [1.165, 1.54) is 32.1 Å². The van der Waals surface area contributed by atoms with Crippen molar-refractivity contribution in [1.82, 2.24) is 4.90 Å². The predicted molar refractivity (Wildman–Crippen MR) is 128 cm³/mol. The summed E-state index contributed by atoms with van der Waals surface area (Å²) in [7, 11) is 1.60. The van der Waals surface area contributed by atoms with Gasteiger partial charge in [0.05, 0.1) is 7.11 Å². The fourth-order valence-corrected chi connectivity index (χ4v) is 8.35. The highest BCUT2D eigenvalue weighted by Crippen LogP contribution is 2.64. The van der Waals surface area contributed by atoms with Gasteiger partial charge in [-0.05, 0) is 92.4 Å². The van der Waals surface area contributed by atoms with Crippen LogP contribution >= 0.6 is 0 Å². The molecule has 3 aliphatic carbocycles. The molecule has 0 bridgehead atoms. The normalized spacial score (nSPS) is 39.3. The van der Waals surface area contributed by atoms with Crippen LogP contribution in [0.15, 0.2) is 36.4 Å². The van der Waals surface area contributed by atoms with E-state index < -0.39 is 11.4 Å². The van der Waals surface area contributed by atoms with Gasteiger partial charge in [-0.1, -0.05) is 38.5 Å². The molecule has 178 valence electrons. The van der Waals surface area contributed by atoms with E-state index in [1.54, 1.807) is 13.2 Å². The third-order valence-corrected chi connectivity index (χ3v) is 10.2. The number of fused-ring (bicyclic) bond motifs is 5. The molecule has 1 aliphatic heterocycles. The molecule has 3 fully saturated rings. The highest BCUT2D eigenvalue weighted by atomic mass is 16.5. The smallest absolute Gasteiger partial charge is 0.247 e. The zero-order valence-corrected chi connectivity index (χ0v) is 20.5. The fourth-order valence-electron chi connectivity index (χ4n) is 8.35. The number of amides is 2. The molecule has 0 spiro atoms. The van der Waals surface area contributed by atoms with Crippen LogP contribution in [0.3, 0.4) is 0 Å². The summed E-state index contributed by atoms with van der Waals surface area (Å²) in [6, 6.07) is 7.37. The second-order valence-corrected chi connectivity index (χ2v) is 11.6. The molecule has 1 aromatic carbocycles. The number of nitrogens with zero attached hydrogens (tertiary/aromatic N) is 1. The van der Waals surface area contributed by atoms with Gasteiger partial charge in [0.1, 0.15) is 11.3 Å². The largest absolute Gasteiger partial charge is 0.497 e. The Balaban J connectivity index is 1.57. The van der Waals surface area contributed by atoms with Crippen molar-refractivity contribution < 1.29 is 14.3 Å². The highest BCUT2D eigenvalue weighted by molar-refractivity contribution is 5.96. The maximum absolute atomic E-state index is 13.5. The first-order valence-electron chi connectivity index (χ1n) is 12.6. The lowest BCUT2D eigenvalue weighted by Crippen LogP contribution is -2.67. The molecule has 5 nitrogen and oxygen atoms in total. The van der Waals surface area contributed by atoms with E-state index in [4.69, 9.17) is 10.5 Å². The Morgan fingerprint density at radius 1 is 1.15 bits per heavy atom. The molecule has 0 radical (unpaired) electrons. The van der Waals surface area contributed by atoms with E-state index in [2.05, 4.69) is 19.9 Å². The van der Waals surface area contributed by atoms with E-state index in [0.29, 0.717) is 28.6 Å². The molecule has 0 saturated heterocycles. The summed E-state index contributed by atoms with van der Waals surface area (Å²) in [4.78, 5) is 28.4. The van der Waals surface area contributed by atoms with Crippen LogP contribution in [0, 0.1) is 28.6 Å². The molecule has 2 amide bonds. The Morgan fingerprint density at radius 2 is 1.94 bits per heavy atom. The molecule has 5 heteroatoms. The Bertz CT molecular complexity index is 1000. The number of primary amides is 1. The number of ether oxygens (including phenoxy) is 1. The van der Waals surface area contributed by atoms with Gasteiger partial charge in [-0.3, -0.25) is 9.59 Å². The number of nitrogens with two attached hydrogens (primary N) is 1. The van der Waals surface area contributed by atoms with Crippen LogP contribution in [-0.4, -0.2) is 29.9 Å². The van der Waals surface area contributed by atoms with Crippen molar-refractivity contribution >= 4 is 11.8 Å². The standard InChI is InChI=1S/C28H38N2O3/c1-26-14-6-9-21(26)20-10-11-23-27(2,22(20)12-15-26)16-13-24(31)30(23)28(3,25(29)32)18-7-5-8-19(17-18)33-4/h5,7-8,13,16-17,20-23H,6,9-12,14-15H2,1-4H3,(H2,29,32)/t20-,21-,22+,23?,26-,27+,28?/m0/s1. The van der Waals surface area contributed by atoms with Gasteiger partial charge < -0.3 is 15.4 Å². The number of hydrogen-bond acceptors (Lipinski definition) is 3. The van der Waals surface area contributed by atoms with Crippen LogP contribution in [0.5, 0.6) is 5.75 Å². The van der Waals surface area contributed by atoms with E-state index in [-0.39, 0.29) is 17.4 Å². The van der Waals surface area contributed by atoms with Gasteiger partial charge in [-0.25, -0.2) is 0 Å². The lowest BCUT2D eigenvalue weighted by molar-refractivity contribution is -0.160. The summed E-state index contributed by atoms with van der Waals surface area (Å²) in [5.74, 6) is 2.04. The van der Waals surface area contributed by atoms with Crippen molar-refractivity contribution in [3.05, 3.63) is 42.0 Å². The molecule has 1 aromatic rings. The van der Waals surface area contributed by atoms with Gasteiger partial charge >= 0.3 is 0 Å². The number of carbonyl (C=O) groups excluding carboxylic acids is 2. The molecule has 7 atom stereocenters. The molecule has 1 heterocycles. The maximum atomic E-state index is 13.5. The first kappa shape index (κ1) is 22.5. The van der Waals surface area contributed by atoms with Gasteiger partial charge in [0.2, 0.25) is 11.8 Å². The second kappa shape index (κ2) is 7.61. The topological polar surface area (TPSA) is 72.6 Å². The molecular weight excluding hydrogens is 412 g/mol. The number of methoxy groups -OCH3 is 1. The summed E-state index contributed by atoms with van der Waals surface area (Å²) in [6.45, 7) is 6.65. The zero-order valence-electron chi connectivity index (χ0n) is 20.5. The van der Waals surface area contributed by atoms with E-state index in [0.717, 1.165) is 18.8 Å². The molecule has 2 unspecified atom stereocenters. The number of benzene rings is 1.